The summed E-state index contributed by atoms with van der Waals surface area (Å²) in [6, 6.07) is 11.9. The van der Waals surface area contributed by atoms with Crippen molar-refractivity contribution in [3.05, 3.63) is 60.2 Å². The number of nitrogens with zero attached hydrogens (tertiary/aromatic N) is 2. The summed E-state index contributed by atoms with van der Waals surface area (Å²) in [6.07, 6.45) is -3.22. The van der Waals surface area contributed by atoms with Gasteiger partial charge in [-0.05, 0) is 50.3 Å². The summed E-state index contributed by atoms with van der Waals surface area (Å²) in [7, 11) is 4.01. The molecule has 0 spiro atoms. The molecule has 1 heterocycles. The van der Waals surface area contributed by atoms with Crippen LogP contribution in [0.1, 0.15) is 12.5 Å². The van der Waals surface area contributed by atoms with E-state index in [9.17, 15) is 22.8 Å². The van der Waals surface area contributed by atoms with Crippen LogP contribution in [-0.2, 0) is 15.8 Å². The first-order valence-electron chi connectivity index (χ1n) is 9.92. The van der Waals surface area contributed by atoms with Crippen molar-refractivity contribution >= 4 is 35.1 Å². The second-order valence-corrected chi connectivity index (χ2v) is 8.82. The fraction of sp³-hybridized carbons (Fsp3) is 0.304. The van der Waals surface area contributed by atoms with Crippen LogP contribution >= 0.6 is 11.8 Å². The number of halogens is 3. The van der Waals surface area contributed by atoms with Gasteiger partial charge in [0, 0.05) is 35.0 Å². The predicted octanol–water partition coefficient (Wildman–Crippen LogP) is 5.22. The standard InChI is InChI=1S/C19H21F3N2S.C4H4O4/c1-13(11-23(2)3)12-24-15-6-4-5-7-17(15)25-18-9-8-14(10-16(18)24)19(20,21)22;5-3(6)1-2-4(7)8/h4-10,13H,11-12H2,1-3H3;1-2H,(H,5,6)(H,7,8)/b;2-1-. The van der Waals surface area contributed by atoms with Gasteiger partial charge >= 0.3 is 18.1 Å². The Morgan fingerprint density at radius 3 is 2.15 bits per heavy atom. The van der Waals surface area contributed by atoms with Gasteiger partial charge in [-0.1, -0.05) is 30.8 Å². The molecule has 33 heavy (non-hydrogen) atoms. The Bertz CT molecular complexity index is 1010. The van der Waals surface area contributed by atoms with Gasteiger partial charge in [-0.15, -0.1) is 0 Å². The number of hydrogen-bond acceptors (Lipinski definition) is 5. The quantitative estimate of drug-likeness (QED) is 0.547. The molecular formula is C23H25F3N2O4S. The van der Waals surface area contributed by atoms with Crippen LogP contribution in [0.3, 0.4) is 0 Å². The van der Waals surface area contributed by atoms with E-state index >= 15 is 0 Å². The Morgan fingerprint density at radius 1 is 1.03 bits per heavy atom. The van der Waals surface area contributed by atoms with Crippen LogP contribution in [0.2, 0.25) is 0 Å². The van der Waals surface area contributed by atoms with E-state index < -0.39 is 23.7 Å². The van der Waals surface area contributed by atoms with Gasteiger partial charge in [-0.25, -0.2) is 9.59 Å². The molecule has 0 saturated heterocycles. The second kappa shape index (κ2) is 11.2. The lowest BCUT2D eigenvalue weighted by Crippen LogP contribution is -2.31. The Morgan fingerprint density at radius 2 is 1.61 bits per heavy atom. The molecular weight excluding hydrogens is 457 g/mol. The number of hydrogen-bond donors (Lipinski definition) is 2. The van der Waals surface area contributed by atoms with Gasteiger partial charge < -0.3 is 20.0 Å². The molecule has 0 aliphatic carbocycles. The highest BCUT2D eigenvalue weighted by atomic mass is 32.2. The highest BCUT2D eigenvalue weighted by molar-refractivity contribution is 7.99. The number of carboxylic acids is 2. The predicted molar refractivity (Wildman–Crippen MR) is 121 cm³/mol. The zero-order valence-electron chi connectivity index (χ0n) is 18.3. The molecule has 6 nitrogen and oxygen atoms in total. The molecule has 1 unspecified atom stereocenters. The van der Waals surface area contributed by atoms with Crippen molar-refractivity contribution in [2.75, 3.05) is 32.1 Å². The number of fused-ring (bicyclic) bond motifs is 2. The highest BCUT2D eigenvalue weighted by Crippen LogP contribution is 2.49. The van der Waals surface area contributed by atoms with Crippen molar-refractivity contribution in [2.24, 2.45) is 5.92 Å². The van der Waals surface area contributed by atoms with Gasteiger partial charge in [0.05, 0.1) is 16.9 Å². The number of carboxylic acid groups (broad SMARTS) is 2. The molecule has 0 aromatic heterocycles. The van der Waals surface area contributed by atoms with Crippen molar-refractivity contribution in [3.8, 4) is 0 Å². The van der Waals surface area contributed by atoms with Crippen LogP contribution in [-0.4, -0.2) is 54.2 Å². The number of rotatable bonds is 6. The average Bonchev–Trinajstić information content (AvgIpc) is 2.71. The minimum absolute atomic E-state index is 0.313. The molecule has 0 fully saturated rings. The maximum atomic E-state index is 13.2. The zero-order valence-corrected chi connectivity index (χ0v) is 19.2. The fourth-order valence-electron chi connectivity index (χ4n) is 3.34. The molecule has 178 valence electrons. The van der Waals surface area contributed by atoms with E-state index in [0.29, 0.717) is 30.3 Å². The van der Waals surface area contributed by atoms with Crippen LogP contribution in [0.25, 0.3) is 0 Å². The summed E-state index contributed by atoms with van der Waals surface area (Å²) in [4.78, 5) is 25.2. The molecule has 1 atom stereocenters. The van der Waals surface area contributed by atoms with Gasteiger partial charge in [0.15, 0.2) is 0 Å². The Balaban J connectivity index is 0.000000414. The SMILES string of the molecule is CC(CN(C)C)CN1c2ccccc2Sc2ccc(C(F)(F)F)cc21.O=C(O)/C=C\C(=O)O. The normalized spacial score (nSPS) is 13.7. The summed E-state index contributed by atoms with van der Waals surface area (Å²) < 4.78 is 39.6. The minimum Gasteiger partial charge on any atom is -0.478 e. The van der Waals surface area contributed by atoms with Crippen molar-refractivity contribution in [3.63, 3.8) is 0 Å². The monoisotopic (exact) mass is 482 g/mol. The number of carbonyl (C=O) groups is 2. The molecule has 3 rings (SSSR count). The third kappa shape index (κ3) is 7.83. The lowest BCUT2D eigenvalue weighted by molar-refractivity contribution is -0.137. The van der Waals surface area contributed by atoms with Crippen LogP contribution < -0.4 is 4.90 Å². The van der Waals surface area contributed by atoms with Crippen LogP contribution in [0.4, 0.5) is 24.5 Å². The molecule has 10 heteroatoms. The minimum atomic E-state index is -4.34. The van der Waals surface area contributed by atoms with Gasteiger partial charge in [-0.2, -0.15) is 13.2 Å². The highest BCUT2D eigenvalue weighted by Gasteiger charge is 2.33. The van der Waals surface area contributed by atoms with Gasteiger partial charge in [-0.3, -0.25) is 0 Å². The molecule has 0 bridgehead atoms. The number of anilines is 2. The van der Waals surface area contributed by atoms with E-state index in [1.165, 1.54) is 23.9 Å². The summed E-state index contributed by atoms with van der Waals surface area (Å²) in [5, 5.41) is 15.6. The third-order valence-corrected chi connectivity index (χ3v) is 5.62. The summed E-state index contributed by atoms with van der Waals surface area (Å²) >= 11 is 1.53. The van der Waals surface area contributed by atoms with Crippen molar-refractivity contribution < 1.29 is 33.0 Å². The van der Waals surface area contributed by atoms with E-state index in [1.807, 2.05) is 43.3 Å². The molecule has 2 N–H and O–H groups in total. The van der Waals surface area contributed by atoms with E-state index in [0.717, 1.165) is 22.0 Å². The molecule has 1 aliphatic heterocycles. The van der Waals surface area contributed by atoms with Gasteiger partial charge in [0.25, 0.3) is 0 Å². The Labute approximate surface area is 194 Å². The van der Waals surface area contributed by atoms with Crippen LogP contribution in [0.15, 0.2) is 64.4 Å². The third-order valence-electron chi connectivity index (χ3n) is 4.49. The molecule has 2 aromatic carbocycles. The molecule has 0 saturated carbocycles. The summed E-state index contributed by atoms with van der Waals surface area (Å²) in [6.45, 7) is 3.67. The lowest BCUT2D eigenvalue weighted by atomic mass is 10.1. The first-order valence-corrected chi connectivity index (χ1v) is 10.7. The fourth-order valence-corrected chi connectivity index (χ4v) is 4.41. The Hall–Kier alpha value is -2.98. The molecule has 1 aliphatic rings. The summed E-state index contributed by atoms with van der Waals surface area (Å²) in [5.41, 5.74) is 1.02. The summed E-state index contributed by atoms with van der Waals surface area (Å²) in [5.74, 6) is -2.20. The maximum Gasteiger partial charge on any atom is 0.416 e. The Kier molecular flexibility index (Phi) is 8.95. The van der Waals surface area contributed by atoms with Crippen molar-refractivity contribution in [1.82, 2.24) is 4.90 Å². The number of aliphatic carboxylic acids is 2. The zero-order chi connectivity index (χ0) is 24.8. The van der Waals surface area contributed by atoms with E-state index in [2.05, 4.69) is 11.8 Å². The van der Waals surface area contributed by atoms with Gasteiger partial charge in [0.2, 0.25) is 0 Å². The topological polar surface area (TPSA) is 81.1 Å². The number of benzene rings is 2. The number of para-hydroxylation sites is 1. The molecule has 2 aromatic rings. The largest absolute Gasteiger partial charge is 0.478 e. The second-order valence-electron chi connectivity index (χ2n) is 7.74. The van der Waals surface area contributed by atoms with E-state index in [-0.39, 0.29) is 0 Å². The molecule has 0 radical (unpaired) electrons. The van der Waals surface area contributed by atoms with E-state index in [1.54, 1.807) is 6.07 Å². The molecule has 0 amide bonds. The number of alkyl halides is 3. The first kappa shape index (κ1) is 26.3. The van der Waals surface area contributed by atoms with Crippen LogP contribution in [0, 0.1) is 5.92 Å². The van der Waals surface area contributed by atoms with Crippen molar-refractivity contribution in [1.29, 1.82) is 0 Å². The lowest BCUT2D eigenvalue weighted by Gasteiger charge is -2.35. The van der Waals surface area contributed by atoms with E-state index in [4.69, 9.17) is 10.2 Å². The van der Waals surface area contributed by atoms with Crippen molar-refractivity contribution in [2.45, 2.75) is 22.9 Å². The first-order chi connectivity index (χ1) is 15.4. The average molecular weight is 483 g/mol. The van der Waals surface area contributed by atoms with Crippen LogP contribution in [0.5, 0.6) is 0 Å². The smallest absolute Gasteiger partial charge is 0.416 e. The maximum absolute atomic E-state index is 13.2. The van der Waals surface area contributed by atoms with Gasteiger partial charge in [0.1, 0.15) is 0 Å².